The molecule has 1 fully saturated rings. The second-order valence-corrected chi connectivity index (χ2v) is 7.03. The van der Waals surface area contributed by atoms with E-state index in [0.717, 1.165) is 17.9 Å². The number of anilines is 2. The number of amides is 2. The average molecular weight is 410 g/mol. The summed E-state index contributed by atoms with van der Waals surface area (Å²) in [6.45, 7) is 5.10. The van der Waals surface area contributed by atoms with Crippen LogP contribution in [0.5, 0.6) is 5.75 Å². The van der Waals surface area contributed by atoms with Crippen molar-refractivity contribution in [3.05, 3.63) is 54.1 Å². The quantitative estimate of drug-likeness (QED) is 0.672. The highest BCUT2D eigenvalue weighted by Crippen LogP contribution is 2.27. The molecule has 0 radical (unpaired) electrons. The van der Waals surface area contributed by atoms with Crippen molar-refractivity contribution in [2.24, 2.45) is 5.92 Å². The van der Waals surface area contributed by atoms with E-state index in [2.05, 4.69) is 5.32 Å². The van der Waals surface area contributed by atoms with Gasteiger partial charge in [-0.05, 0) is 61.9 Å². The second kappa shape index (κ2) is 9.91. The summed E-state index contributed by atoms with van der Waals surface area (Å²) in [5.41, 5.74) is 1.74. The number of hydrogen-bond acceptors (Lipinski definition) is 5. The zero-order valence-electron chi connectivity index (χ0n) is 17.2. The summed E-state index contributed by atoms with van der Waals surface area (Å²) in [4.78, 5) is 38.5. The lowest BCUT2D eigenvalue weighted by molar-refractivity contribution is -0.122. The van der Waals surface area contributed by atoms with Crippen LogP contribution in [0.1, 0.15) is 37.0 Å². The van der Waals surface area contributed by atoms with Gasteiger partial charge >= 0.3 is 5.97 Å². The van der Waals surface area contributed by atoms with Gasteiger partial charge in [0, 0.05) is 24.3 Å². The topological polar surface area (TPSA) is 84.9 Å². The molecule has 1 heterocycles. The number of esters is 1. The first-order valence-electron chi connectivity index (χ1n) is 10.1. The molecule has 1 atom stereocenters. The Morgan fingerprint density at radius 1 is 1.07 bits per heavy atom. The zero-order chi connectivity index (χ0) is 21.5. The molecular weight excluding hydrogens is 384 g/mol. The molecule has 7 nitrogen and oxygen atoms in total. The first-order valence-corrected chi connectivity index (χ1v) is 10.1. The van der Waals surface area contributed by atoms with Crippen molar-refractivity contribution in [2.75, 3.05) is 30.0 Å². The summed E-state index contributed by atoms with van der Waals surface area (Å²) in [7, 11) is 0. The highest BCUT2D eigenvalue weighted by Gasteiger charge is 2.35. The van der Waals surface area contributed by atoms with Gasteiger partial charge in [0.15, 0.2) is 0 Å². The maximum atomic E-state index is 12.6. The van der Waals surface area contributed by atoms with Gasteiger partial charge in [-0.2, -0.15) is 0 Å². The molecule has 0 spiro atoms. The van der Waals surface area contributed by atoms with Crippen LogP contribution < -0.4 is 15.0 Å². The third-order valence-electron chi connectivity index (χ3n) is 4.78. The molecule has 1 aliphatic rings. The molecule has 0 aliphatic carbocycles. The minimum Gasteiger partial charge on any atom is -0.494 e. The van der Waals surface area contributed by atoms with Gasteiger partial charge < -0.3 is 19.7 Å². The highest BCUT2D eigenvalue weighted by molar-refractivity contribution is 6.03. The molecule has 7 heteroatoms. The second-order valence-electron chi connectivity index (χ2n) is 7.03. The third kappa shape index (κ3) is 5.17. The Labute approximate surface area is 176 Å². The number of nitrogens with zero attached hydrogens (tertiary/aromatic N) is 1. The summed E-state index contributed by atoms with van der Waals surface area (Å²) in [6.07, 6.45) is 0.911. The van der Waals surface area contributed by atoms with Gasteiger partial charge in [-0.1, -0.05) is 6.92 Å². The summed E-state index contributed by atoms with van der Waals surface area (Å²) >= 11 is 0. The summed E-state index contributed by atoms with van der Waals surface area (Å²) in [5, 5.41) is 2.82. The molecule has 2 aromatic rings. The van der Waals surface area contributed by atoms with Crippen LogP contribution in [0.15, 0.2) is 48.5 Å². The van der Waals surface area contributed by atoms with Crippen LogP contribution in [0.4, 0.5) is 11.4 Å². The van der Waals surface area contributed by atoms with Crippen molar-refractivity contribution < 1.29 is 23.9 Å². The lowest BCUT2D eigenvalue weighted by Crippen LogP contribution is -2.28. The summed E-state index contributed by atoms with van der Waals surface area (Å²) in [5.74, 6) is -0.406. The van der Waals surface area contributed by atoms with Gasteiger partial charge in [-0.25, -0.2) is 4.79 Å². The molecule has 0 bridgehead atoms. The molecule has 1 aliphatic heterocycles. The van der Waals surface area contributed by atoms with E-state index in [4.69, 9.17) is 9.47 Å². The zero-order valence-corrected chi connectivity index (χ0v) is 17.2. The molecule has 0 unspecified atom stereocenters. The number of ether oxygens (including phenoxy) is 2. The van der Waals surface area contributed by atoms with Crippen molar-refractivity contribution in [2.45, 2.75) is 26.7 Å². The molecule has 3 rings (SSSR count). The van der Waals surface area contributed by atoms with E-state index in [9.17, 15) is 14.4 Å². The van der Waals surface area contributed by atoms with Gasteiger partial charge in [0.1, 0.15) is 5.75 Å². The first-order chi connectivity index (χ1) is 14.5. The smallest absolute Gasteiger partial charge is 0.338 e. The molecule has 2 aromatic carbocycles. The van der Waals surface area contributed by atoms with E-state index in [1.54, 1.807) is 29.2 Å². The number of benzene rings is 2. The standard InChI is InChI=1S/C23H26N2O5/c1-3-13-30-23(28)16-5-7-18(8-6-16)24-22(27)17-14-21(26)25(15-17)19-9-11-20(12-10-19)29-4-2/h5-12,17H,3-4,13-15H2,1-2H3,(H,24,27)/t17-/m0/s1. The summed E-state index contributed by atoms with van der Waals surface area (Å²) in [6, 6.07) is 13.8. The van der Waals surface area contributed by atoms with Crippen molar-refractivity contribution in [1.29, 1.82) is 0 Å². The maximum Gasteiger partial charge on any atom is 0.338 e. The molecule has 2 amide bonds. The first kappa shape index (κ1) is 21.4. The van der Waals surface area contributed by atoms with Crippen LogP contribution in [0.3, 0.4) is 0 Å². The fourth-order valence-electron chi connectivity index (χ4n) is 3.23. The van der Waals surface area contributed by atoms with Crippen LogP contribution in [0.25, 0.3) is 0 Å². The van der Waals surface area contributed by atoms with Crippen molar-refractivity contribution >= 4 is 29.2 Å². The molecule has 0 saturated carbocycles. The van der Waals surface area contributed by atoms with Crippen molar-refractivity contribution in [3.63, 3.8) is 0 Å². The van der Waals surface area contributed by atoms with E-state index in [-0.39, 0.29) is 24.2 Å². The van der Waals surface area contributed by atoms with Crippen LogP contribution in [0, 0.1) is 5.92 Å². The summed E-state index contributed by atoms with van der Waals surface area (Å²) < 4.78 is 10.5. The number of rotatable bonds is 8. The fraction of sp³-hybridized carbons (Fsp3) is 0.348. The number of carbonyl (C=O) groups is 3. The Morgan fingerprint density at radius 2 is 1.77 bits per heavy atom. The highest BCUT2D eigenvalue weighted by atomic mass is 16.5. The molecule has 1 saturated heterocycles. The van der Waals surface area contributed by atoms with E-state index in [1.807, 2.05) is 38.1 Å². The normalized spacial score (nSPS) is 15.7. The van der Waals surface area contributed by atoms with E-state index < -0.39 is 5.92 Å². The van der Waals surface area contributed by atoms with Crippen molar-refractivity contribution in [1.82, 2.24) is 0 Å². The Balaban J connectivity index is 1.58. The molecule has 1 N–H and O–H groups in total. The Bertz CT molecular complexity index is 893. The third-order valence-corrected chi connectivity index (χ3v) is 4.78. The van der Waals surface area contributed by atoms with Crippen LogP contribution in [0.2, 0.25) is 0 Å². The number of hydrogen-bond donors (Lipinski definition) is 1. The van der Waals surface area contributed by atoms with Gasteiger partial charge in [-0.3, -0.25) is 9.59 Å². The Morgan fingerprint density at radius 3 is 2.40 bits per heavy atom. The van der Waals surface area contributed by atoms with Crippen molar-refractivity contribution in [3.8, 4) is 5.75 Å². The number of nitrogens with one attached hydrogen (secondary N) is 1. The predicted octanol–water partition coefficient (Wildman–Crippen LogP) is 3.64. The maximum absolute atomic E-state index is 12.6. The molecule has 0 aromatic heterocycles. The monoisotopic (exact) mass is 410 g/mol. The van der Waals surface area contributed by atoms with Crippen LogP contribution in [-0.4, -0.2) is 37.5 Å². The van der Waals surface area contributed by atoms with Gasteiger partial charge in [0.25, 0.3) is 0 Å². The molecule has 30 heavy (non-hydrogen) atoms. The lowest BCUT2D eigenvalue weighted by Gasteiger charge is -2.17. The van der Waals surface area contributed by atoms with E-state index in [0.29, 0.717) is 31.0 Å². The van der Waals surface area contributed by atoms with Crippen LogP contribution in [-0.2, 0) is 14.3 Å². The largest absolute Gasteiger partial charge is 0.494 e. The average Bonchev–Trinajstić information content (AvgIpc) is 3.15. The van der Waals surface area contributed by atoms with Gasteiger partial charge in [0.05, 0.1) is 24.7 Å². The molecular formula is C23H26N2O5. The van der Waals surface area contributed by atoms with Crippen LogP contribution >= 0.6 is 0 Å². The minimum absolute atomic E-state index is 0.0895. The van der Waals surface area contributed by atoms with E-state index >= 15 is 0 Å². The molecule has 158 valence electrons. The lowest BCUT2D eigenvalue weighted by atomic mass is 10.1. The Hall–Kier alpha value is -3.35. The Kier molecular flexibility index (Phi) is 7.06. The van der Waals surface area contributed by atoms with Gasteiger partial charge in [0.2, 0.25) is 11.8 Å². The SMILES string of the molecule is CCCOC(=O)c1ccc(NC(=O)[C@H]2CC(=O)N(c3ccc(OCC)cc3)C2)cc1. The predicted molar refractivity (Wildman–Crippen MR) is 114 cm³/mol. The van der Waals surface area contributed by atoms with E-state index in [1.165, 1.54) is 0 Å². The van der Waals surface area contributed by atoms with Gasteiger partial charge in [-0.15, -0.1) is 0 Å². The number of carbonyl (C=O) groups excluding carboxylic acids is 3. The minimum atomic E-state index is -0.446. The fourth-order valence-corrected chi connectivity index (χ4v) is 3.23.